The van der Waals surface area contributed by atoms with Gasteiger partial charge in [-0.3, -0.25) is 0 Å². The van der Waals surface area contributed by atoms with Crippen LogP contribution >= 0.6 is 0 Å². The first-order valence-corrected chi connectivity index (χ1v) is 5.53. The third-order valence-corrected chi connectivity index (χ3v) is 2.28. The van der Waals surface area contributed by atoms with Gasteiger partial charge in [0.2, 0.25) is 0 Å². The van der Waals surface area contributed by atoms with E-state index in [1.807, 2.05) is 6.92 Å². The number of rotatable bonds is 8. The zero-order valence-electron chi connectivity index (χ0n) is 9.60. The highest BCUT2D eigenvalue weighted by molar-refractivity contribution is 4.69. The van der Waals surface area contributed by atoms with Crippen molar-refractivity contribution in [1.82, 2.24) is 5.32 Å². The maximum absolute atomic E-state index is 5.31. The van der Waals surface area contributed by atoms with Gasteiger partial charge in [0.15, 0.2) is 0 Å². The van der Waals surface area contributed by atoms with Gasteiger partial charge in [0, 0.05) is 19.3 Å². The van der Waals surface area contributed by atoms with E-state index in [0.29, 0.717) is 6.04 Å². The van der Waals surface area contributed by atoms with Crippen LogP contribution in [0.15, 0.2) is 0 Å². The molecule has 0 fully saturated rings. The average Bonchev–Trinajstić information content (AvgIpc) is 2.10. The van der Waals surface area contributed by atoms with E-state index in [1.54, 1.807) is 0 Å². The molecule has 0 heterocycles. The van der Waals surface area contributed by atoms with E-state index in [0.717, 1.165) is 25.7 Å². The molecule has 80 valence electrons. The predicted molar refractivity (Wildman–Crippen MR) is 58.0 cm³/mol. The lowest BCUT2D eigenvalue weighted by Gasteiger charge is -2.21. The Kier molecular flexibility index (Phi) is 8.46. The molecular formula is C11H25NO. The molecule has 2 heteroatoms. The van der Waals surface area contributed by atoms with Crippen molar-refractivity contribution in [3.63, 3.8) is 0 Å². The second kappa shape index (κ2) is 8.52. The van der Waals surface area contributed by atoms with Crippen molar-refractivity contribution in [2.75, 3.05) is 19.8 Å². The number of hydrogen-bond acceptors (Lipinski definition) is 2. The summed E-state index contributed by atoms with van der Waals surface area (Å²) >= 11 is 0. The van der Waals surface area contributed by atoms with Gasteiger partial charge >= 0.3 is 0 Å². The van der Waals surface area contributed by atoms with Crippen molar-refractivity contribution >= 4 is 0 Å². The van der Waals surface area contributed by atoms with Crippen LogP contribution in [-0.4, -0.2) is 25.8 Å². The molecule has 0 bridgehead atoms. The molecule has 1 N–H and O–H groups in total. The second-order valence-corrected chi connectivity index (χ2v) is 3.75. The Bertz CT molecular complexity index is 104. The summed E-state index contributed by atoms with van der Waals surface area (Å²) in [6, 6.07) is 0.658. The summed E-state index contributed by atoms with van der Waals surface area (Å²) in [6.45, 7) is 11.6. The fourth-order valence-electron chi connectivity index (χ4n) is 1.48. The molecule has 0 aromatic rings. The van der Waals surface area contributed by atoms with E-state index in [4.69, 9.17) is 4.74 Å². The predicted octanol–water partition coefficient (Wildman–Crippen LogP) is 2.44. The molecule has 1 atom stereocenters. The lowest BCUT2D eigenvalue weighted by atomic mass is 9.99. The van der Waals surface area contributed by atoms with Crippen LogP contribution in [0.1, 0.15) is 40.5 Å². The van der Waals surface area contributed by atoms with Gasteiger partial charge in [-0.25, -0.2) is 0 Å². The van der Waals surface area contributed by atoms with Crippen molar-refractivity contribution in [2.45, 2.75) is 46.6 Å². The molecule has 0 spiro atoms. The first-order valence-electron chi connectivity index (χ1n) is 5.53. The van der Waals surface area contributed by atoms with Crippen molar-refractivity contribution in [2.24, 2.45) is 5.92 Å². The zero-order valence-corrected chi connectivity index (χ0v) is 9.60. The van der Waals surface area contributed by atoms with Crippen molar-refractivity contribution in [3.05, 3.63) is 0 Å². The van der Waals surface area contributed by atoms with E-state index >= 15 is 0 Å². The van der Waals surface area contributed by atoms with Crippen LogP contribution in [0.5, 0.6) is 0 Å². The molecule has 0 aromatic carbocycles. The Morgan fingerprint density at radius 1 is 1.23 bits per heavy atom. The topological polar surface area (TPSA) is 21.3 Å². The van der Waals surface area contributed by atoms with Crippen LogP contribution in [0, 0.1) is 5.92 Å². The van der Waals surface area contributed by atoms with Crippen LogP contribution in [-0.2, 0) is 4.74 Å². The largest absolute Gasteiger partial charge is 0.382 e. The minimum atomic E-state index is 0.658. The molecule has 0 aliphatic rings. The van der Waals surface area contributed by atoms with Crippen molar-refractivity contribution < 1.29 is 4.74 Å². The van der Waals surface area contributed by atoms with Crippen molar-refractivity contribution in [1.29, 1.82) is 0 Å². The Hall–Kier alpha value is -0.0800. The molecule has 0 aliphatic heterocycles. The van der Waals surface area contributed by atoms with E-state index in [-0.39, 0.29) is 0 Å². The van der Waals surface area contributed by atoms with Gasteiger partial charge in [-0.1, -0.05) is 20.8 Å². The quantitative estimate of drug-likeness (QED) is 0.589. The Morgan fingerprint density at radius 3 is 2.38 bits per heavy atom. The summed E-state index contributed by atoms with van der Waals surface area (Å²) in [4.78, 5) is 0. The maximum Gasteiger partial charge on any atom is 0.0466 e. The second-order valence-electron chi connectivity index (χ2n) is 3.75. The molecule has 0 aliphatic carbocycles. The van der Waals surface area contributed by atoms with Crippen molar-refractivity contribution in [3.8, 4) is 0 Å². The van der Waals surface area contributed by atoms with E-state index in [1.165, 1.54) is 12.8 Å². The molecule has 0 radical (unpaired) electrons. The highest BCUT2D eigenvalue weighted by Crippen LogP contribution is 2.08. The Balaban J connectivity index is 3.45. The Labute approximate surface area is 83.1 Å². The van der Waals surface area contributed by atoms with E-state index < -0.39 is 0 Å². The van der Waals surface area contributed by atoms with Gasteiger partial charge < -0.3 is 10.1 Å². The SMILES string of the molecule is CCNC(CCCOCC)C(C)C. The standard InChI is InChI=1S/C11H25NO/c1-5-12-11(10(3)4)8-7-9-13-6-2/h10-12H,5-9H2,1-4H3. The van der Waals surface area contributed by atoms with Gasteiger partial charge in [-0.2, -0.15) is 0 Å². The number of ether oxygens (including phenoxy) is 1. The summed E-state index contributed by atoms with van der Waals surface area (Å²) in [5.74, 6) is 0.724. The maximum atomic E-state index is 5.31. The summed E-state index contributed by atoms with van der Waals surface area (Å²) in [5.41, 5.74) is 0. The third kappa shape index (κ3) is 7.03. The number of hydrogen-bond donors (Lipinski definition) is 1. The fourth-order valence-corrected chi connectivity index (χ4v) is 1.48. The summed E-state index contributed by atoms with van der Waals surface area (Å²) < 4.78 is 5.31. The van der Waals surface area contributed by atoms with Gasteiger partial charge in [0.25, 0.3) is 0 Å². The average molecular weight is 187 g/mol. The molecule has 0 aromatic heterocycles. The summed E-state index contributed by atoms with van der Waals surface area (Å²) in [7, 11) is 0. The Morgan fingerprint density at radius 2 is 1.92 bits per heavy atom. The van der Waals surface area contributed by atoms with E-state index in [2.05, 4.69) is 26.1 Å². The zero-order chi connectivity index (χ0) is 10.1. The van der Waals surface area contributed by atoms with Crippen LogP contribution in [0.4, 0.5) is 0 Å². The highest BCUT2D eigenvalue weighted by atomic mass is 16.5. The lowest BCUT2D eigenvalue weighted by molar-refractivity contribution is 0.139. The molecular weight excluding hydrogens is 162 g/mol. The molecule has 0 saturated heterocycles. The lowest BCUT2D eigenvalue weighted by Crippen LogP contribution is -2.33. The normalized spacial score (nSPS) is 13.6. The summed E-state index contributed by atoms with van der Waals surface area (Å²) in [6.07, 6.45) is 2.40. The highest BCUT2D eigenvalue weighted by Gasteiger charge is 2.10. The van der Waals surface area contributed by atoms with Gasteiger partial charge in [0.1, 0.15) is 0 Å². The van der Waals surface area contributed by atoms with Crippen LogP contribution in [0.25, 0.3) is 0 Å². The smallest absolute Gasteiger partial charge is 0.0466 e. The van der Waals surface area contributed by atoms with Gasteiger partial charge in [-0.15, -0.1) is 0 Å². The summed E-state index contributed by atoms with van der Waals surface area (Å²) in [5, 5.41) is 3.50. The fraction of sp³-hybridized carbons (Fsp3) is 1.00. The molecule has 0 rings (SSSR count). The molecule has 0 amide bonds. The molecule has 2 nitrogen and oxygen atoms in total. The monoisotopic (exact) mass is 187 g/mol. The molecule has 13 heavy (non-hydrogen) atoms. The first kappa shape index (κ1) is 12.9. The molecule has 0 saturated carbocycles. The van der Waals surface area contributed by atoms with E-state index in [9.17, 15) is 0 Å². The van der Waals surface area contributed by atoms with Crippen LogP contribution in [0.2, 0.25) is 0 Å². The first-order chi connectivity index (χ1) is 6.22. The third-order valence-electron chi connectivity index (χ3n) is 2.28. The molecule has 1 unspecified atom stereocenters. The van der Waals surface area contributed by atoms with Crippen LogP contribution < -0.4 is 5.32 Å². The minimum Gasteiger partial charge on any atom is -0.382 e. The number of nitrogens with one attached hydrogen (secondary N) is 1. The minimum absolute atomic E-state index is 0.658. The van der Waals surface area contributed by atoms with Gasteiger partial charge in [0.05, 0.1) is 0 Å². The van der Waals surface area contributed by atoms with Gasteiger partial charge in [-0.05, 0) is 32.2 Å². The van der Waals surface area contributed by atoms with Crippen LogP contribution in [0.3, 0.4) is 0 Å².